The number of ether oxygens (including phenoxy) is 1. The van der Waals surface area contributed by atoms with Crippen molar-refractivity contribution >= 4 is 0 Å². The molecule has 112 valence electrons. The highest BCUT2D eigenvalue weighted by Gasteiger charge is 2.20. The van der Waals surface area contributed by atoms with Crippen molar-refractivity contribution in [2.45, 2.75) is 32.7 Å². The second-order valence-electron chi connectivity index (χ2n) is 4.89. The maximum absolute atomic E-state index is 5.84. The van der Waals surface area contributed by atoms with Crippen LogP contribution in [-0.4, -0.2) is 11.6 Å². The number of nitrogens with zero attached hydrogens (tertiary/aromatic N) is 1. The van der Waals surface area contributed by atoms with Gasteiger partial charge in [0, 0.05) is 11.8 Å². The van der Waals surface area contributed by atoms with Gasteiger partial charge in [0.15, 0.2) is 0 Å². The van der Waals surface area contributed by atoms with Crippen molar-refractivity contribution in [3.63, 3.8) is 0 Å². The minimum absolute atomic E-state index is 0.172. The first-order valence-electron chi connectivity index (χ1n) is 7.43. The van der Waals surface area contributed by atoms with Crippen LogP contribution < -0.4 is 16.0 Å². The summed E-state index contributed by atoms with van der Waals surface area (Å²) in [5.41, 5.74) is 6.04. The number of hydrogen-bond acceptors (Lipinski definition) is 4. The van der Waals surface area contributed by atoms with E-state index >= 15 is 0 Å². The molecule has 0 bridgehead atoms. The number of hydrazine groups is 1. The summed E-state index contributed by atoms with van der Waals surface area (Å²) in [6.45, 7) is 4.90. The number of para-hydroxylation sites is 1. The van der Waals surface area contributed by atoms with Crippen LogP contribution >= 0.6 is 0 Å². The Labute approximate surface area is 126 Å². The topological polar surface area (TPSA) is 60.2 Å². The molecule has 3 N–H and O–H groups in total. The maximum atomic E-state index is 5.84. The van der Waals surface area contributed by atoms with Gasteiger partial charge >= 0.3 is 0 Å². The summed E-state index contributed by atoms with van der Waals surface area (Å²) in [6, 6.07) is 11.8. The fraction of sp³-hybridized carbons (Fsp3) is 0.353. The average molecular weight is 285 g/mol. The molecule has 0 aliphatic rings. The molecule has 0 saturated heterocycles. The van der Waals surface area contributed by atoms with E-state index in [1.54, 1.807) is 6.20 Å². The van der Waals surface area contributed by atoms with Gasteiger partial charge in [-0.25, -0.2) is 5.43 Å². The number of aromatic nitrogens is 1. The Balaban J connectivity index is 2.41. The Bertz CT molecular complexity index is 571. The second-order valence-corrected chi connectivity index (χ2v) is 4.89. The third kappa shape index (κ3) is 3.60. The van der Waals surface area contributed by atoms with Crippen molar-refractivity contribution in [2.24, 2.45) is 5.84 Å². The summed E-state index contributed by atoms with van der Waals surface area (Å²) in [7, 11) is 0. The minimum atomic E-state index is -0.172. The normalized spacial score (nSPS) is 12.1. The molecular weight excluding hydrogens is 262 g/mol. The number of pyridine rings is 1. The van der Waals surface area contributed by atoms with Gasteiger partial charge in [-0.1, -0.05) is 38.1 Å². The van der Waals surface area contributed by atoms with Gasteiger partial charge in [-0.3, -0.25) is 10.8 Å². The van der Waals surface area contributed by atoms with E-state index in [9.17, 15) is 0 Å². The highest BCUT2D eigenvalue weighted by Crippen LogP contribution is 2.30. The van der Waals surface area contributed by atoms with E-state index in [0.717, 1.165) is 29.8 Å². The molecule has 0 aliphatic heterocycles. The Morgan fingerprint density at radius 2 is 2.00 bits per heavy atom. The van der Waals surface area contributed by atoms with Crippen LogP contribution in [0.4, 0.5) is 0 Å². The number of hydrogen-bond donors (Lipinski definition) is 2. The third-order valence-corrected chi connectivity index (χ3v) is 3.44. The van der Waals surface area contributed by atoms with Gasteiger partial charge in [0.25, 0.3) is 0 Å². The molecule has 0 aliphatic carbocycles. The average Bonchev–Trinajstić information content (AvgIpc) is 2.55. The summed E-state index contributed by atoms with van der Waals surface area (Å²) in [4.78, 5) is 4.52. The summed E-state index contributed by atoms with van der Waals surface area (Å²) in [6.07, 6.45) is 3.69. The maximum Gasteiger partial charge on any atom is 0.124 e. The summed E-state index contributed by atoms with van der Waals surface area (Å²) < 4.78 is 5.84. The summed E-state index contributed by atoms with van der Waals surface area (Å²) >= 11 is 0. The molecule has 21 heavy (non-hydrogen) atoms. The van der Waals surface area contributed by atoms with E-state index < -0.39 is 0 Å². The highest BCUT2D eigenvalue weighted by molar-refractivity contribution is 5.41. The van der Waals surface area contributed by atoms with E-state index in [-0.39, 0.29) is 6.04 Å². The molecule has 1 atom stereocenters. The van der Waals surface area contributed by atoms with Crippen molar-refractivity contribution in [2.75, 3.05) is 6.61 Å². The van der Waals surface area contributed by atoms with Crippen LogP contribution in [0.3, 0.4) is 0 Å². The zero-order valence-electron chi connectivity index (χ0n) is 12.7. The van der Waals surface area contributed by atoms with Crippen LogP contribution in [0, 0.1) is 0 Å². The van der Waals surface area contributed by atoms with Crippen LogP contribution in [0.5, 0.6) is 5.75 Å². The van der Waals surface area contributed by atoms with E-state index in [2.05, 4.69) is 30.3 Å². The van der Waals surface area contributed by atoms with Crippen LogP contribution in [0.15, 0.2) is 42.6 Å². The number of nitrogens with two attached hydrogens (primary N) is 1. The van der Waals surface area contributed by atoms with Gasteiger partial charge in [-0.2, -0.15) is 0 Å². The molecular formula is C17H23N3O. The van der Waals surface area contributed by atoms with Gasteiger partial charge in [0.05, 0.1) is 18.3 Å². The van der Waals surface area contributed by atoms with Gasteiger partial charge in [-0.05, 0) is 30.5 Å². The lowest BCUT2D eigenvalue weighted by molar-refractivity contribution is 0.311. The molecule has 1 aromatic carbocycles. The number of nitrogens with one attached hydrogen (secondary N) is 1. The first-order valence-corrected chi connectivity index (χ1v) is 7.43. The molecule has 1 unspecified atom stereocenters. The van der Waals surface area contributed by atoms with Gasteiger partial charge in [-0.15, -0.1) is 0 Å². The first kappa shape index (κ1) is 15.5. The molecule has 1 heterocycles. The van der Waals surface area contributed by atoms with Crippen molar-refractivity contribution < 1.29 is 4.74 Å². The quantitative estimate of drug-likeness (QED) is 0.606. The molecule has 2 aromatic rings. The van der Waals surface area contributed by atoms with Crippen molar-refractivity contribution in [1.82, 2.24) is 10.4 Å². The number of rotatable bonds is 7. The monoisotopic (exact) mass is 285 g/mol. The fourth-order valence-electron chi connectivity index (χ4n) is 2.39. The lowest BCUT2D eigenvalue weighted by Gasteiger charge is -2.21. The second kappa shape index (κ2) is 7.76. The Morgan fingerprint density at radius 1 is 1.19 bits per heavy atom. The van der Waals surface area contributed by atoms with Crippen molar-refractivity contribution in [1.29, 1.82) is 0 Å². The van der Waals surface area contributed by atoms with Crippen LogP contribution in [-0.2, 0) is 6.42 Å². The molecule has 1 aromatic heterocycles. The zero-order valence-corrected chi connectivity index (χ0v) is 12.7. The molecule has 4 nitrogen and oxygen atoms in total. The van der Waals surface area contributed by atoms with E-state index in [1.807, 2.05) is 30.3 Å². The third-order valence-electron chi connectivity index (χ3n) is 3.44. The molecule has 0 spiro atoms. The lowest BCUT2D eigenvalue weighted by Crippen LogP contribution is -2.30. The highest BCUT2D eigenvalue weighted by atomic mass is 16.5. The zero-order chi connectivity index (χ0) is 15.1. The van der Waals surface area contributed by atoms with E-state index in [0.29, 0.717) is 6.61 Å². The number of benzene rings is 1. The van der Waals surface area contributed by atoms with Crippen LogP contribution in [0.2, 0.25) is 0 Å². The van der Waals surface area contributed by atoms with Crippen LogP contribution in [0.25, 0.3) is 0 Å². The van der Waals surface area contributed by atoms with Crippen molar-refractivity contribution in [3.8, 4) is 5.75 Å². The standard InChI is InChI=1S/C17H23N3O/c1-3-12-21-15-10-6-5-9-14(15)17(20-18)16-13(4-2)8-7-11-19-16/h5-11,17,20H,3-4,12,18H2,1-2H3. The molecule has 0 fully saturated rings. The molecule has 0 amide bonds. The SMILES string of the molecule is CCCOc1ccccc1C(NN)c1ncccc1CC. The fourth-order valence-corrected chi connectivity index (χ4v) is 2.39. The predicted octanol–water partition coefficient (Wildman–Crippen LogP) is 2.99. The lowest BCUT2D eigenvalue weighted by atomic mass is 9.98. The van der Waals surface area contributed by atoms with Gasteiger partial charge in [0.1, 0.15) is 5.75 Å². The molecule has 0 saturated carbocycles. The molecule has 0 radical (unpaired) electrons. The Hall–Kier alpha value is -1.91. The smallest absolute Gasteiger partial charge is 0.124 e. The molecule has 2 rings (SSSR count). The van der Waals surface area contributed by atoms with Gasteiger partial charge < -0.3 is 4.74 Å². The summed E-state index contributed by atoms with van der Waals surface area (Å²) in [5, 5.41) is 0. The Kier molecular flexibility index (Phi) is 5.72. The van der Waals surface area contributed by atoms with Gasteiger partial charge in [0.2, 0.25) is 0 Å². The molecule has 4 heteroatoms. The predicted molar refractivity (Wildman–Crippen MR) is 85.0 cm³/mol. The van der Waals surface area contributed by atoms with Crippen LogP contribution in [0.1, 0.15) is 43.1 Å². The van der Waals surface area contributed by atoms with E-state index in [4.69, 9.17) is 10.6 Å². The summed E-state index contributed by atoms with van der Waals surface area (Å²) in [5.74, 6) is 6.67. The largest absolute Gasteiger partial charge is 0.493 e. The first-order chi connectivity index (χ1) is 10.3. The number of aryl methyl sites for hydroxylation is 1. The minimum Gasteiger partial charge on any atom is -0.493 e. The van der Waals surface area contributed by atoms with Crippen molar-refractivity contribution in [3.05, 3.63) is 59.4 Å². The Morgan fingerprint density at radius 3 is 2.71 bits per heavy atom. The van der Waals surface area contributed by atoms with E-state index in [1.165, 1.54) is 5.56 Å².